The quantitative estimate of drug-likeness (QED) is 0.265. The van der Waals surface area contributed by atoms with Crippen LogP contribution in [0, 0.1) is 5.82 Å². The van der Waals surface area contributed by atoms with Crippen molar-refractivity contribution < 1.29 is 28.2 Å². The molecule has 3 aliphatic rings. The number of rotatable bonds is 8. The standard InChI is InChI=1S/C33H32Cl2FN5O5/c1-39(18-13-27(42)37-14-18)15-22-24(36)11-17(12-26(22)45-4)19-7-5-8-20(28(19)34)21-9-6-10-25(29(21)35)38-30(43)23-16-40(2)32-33(46-32)41(3)31(23)44/h5-12,16,18,32-33H,13-15H2,1-4H3,(H,37,42)(H,38,43)/t18-,32?,33?/m1/s1. The second kappa shape index (κ2) is 12.6. The number of ether oxygens (including phenoxy) is 2. The number of anilines is 1. The smallest absolute Gasteiger partial charge is 0.262 e. The Labute approximate surface area is 275 Å². The highest BCUT2D eigenvalue weighted by atomic mass is 35.5. The molecule has 0 bridgehead atoms. The second-order valence-corrected chi connectivity index (χ2v) is 12.3. The fraction of sp³-hybridized carbons (Fsp3) is 0.303. The van der Waals surface area contributed by atoms with Gasteiger partial charge in [0.1, 0.15) is 17.1 Å². The summed E-state index contributed by atoms with van der Waals surface area (Å²) in [6.45, 7) is 0.759. The molecule has 2 unspecified atom stereocenters. The normalized spacial score (nSPS) is 20.7. The molecule has 13 heteroatoms. The molecule has 0 aliphatic carbocycles. The molecular formula is C33H32Cl2FN5O5. The first kappa shape index (κ1) is 31.8. The number of halogens is 3. The highest BCUT2D eigenvalue weighted by molar-refractivity contribution is 6.40. The largest absolute Gasteiger partial charge is 0.496 e. The van der Waals surface area contributed by atoms with Crippen LogP contribution in [0.15, 0.2) is 60.3 Å². The van der Waals surface area contributed by atoms with Gasteiger partial charge >= 0.3 is 0 Å². The Balaban J connectivity index is 1.28. The van der Waals surface area contributed by atoms with Gasteiger partial charge in [-0.2, -0.15) is 0 Å². The third-order valence-corrected chi connectivity index (χ3v) is 9.38. The Bertz CT molecular complexity index is 1790. The highest BCUT2D eigenvalue weighted by Crippen LogP contribution is 2.43. The Morgan fingerprint density at radius 2 is 1.78 bits per heavy atom. The van der Waals surface area contributed by atoms with Crippen LogP contribution in [0.4, 0.5) is 10.1 Å². The number of hydrogen-bond acceptors (Lipinski definition) is 7. The Morgan fingerprint density at radius 1 is 1.09 bits per heavy atom. The predicted molar refractivity (Wildman–Crippen MR) is 173 cm³/mol. The van der Waals surface area contributed by atoms with E-state index in [-0.39, 0.29) is 41.0 Å². The monoisotopic (exact) mass is 667 g/mol. The Hall–Kier alpha value is -4.16. The van der Waals surface area contributed by atoms with Crippen molar-refractivity contribution in [2.24, 2.45) is 0 Å². The van der Waals surface area contributed by atoms with Crippen molar-refractivity contribution in [2.75, 3.05) is 40.1 Å². The van der Waals surface area contributed by atoms with Gasteiger partial charge in [-0.1, -0.05) is 53.5 Å². The lowest BCUT2D eigenvalue weighted by atomic mass is 9.97. The molecule has 0 aromatic heterocycles. The van der Waals surface area contributed by atoms with Crippen LogP contribution in [0.2, 0.25) is 10.0 Å². The number of methoxy groups -OCH3 is 1. The second-order valence-electron chi connectivity index (χ2n) is 11.5. The van der Waals surface area contributed by atoms with Crippen molar-refractivity contribution in [3.05, 3.63) is 81.7 Å². The lowest BCUT2D eigenvalue weighted by Crippen LogP contribution is -2.34. The van der Waals surface area contributed by atoms with Gasteiger partial charge in [0.05, 0.1) is 22.8 Å². The molecular weight excluding hydrogens is 636 g/mol. The first-order chi connectivity index (χ1) is 22.0. The first-order valence-corrected chi connectivity index (χ1v) is 15.3. The number of hydrogen-bond donors (Lipinski definition) is 2. The van der Waals surface area contributed by atoms with E-state index in [9.17, 15) is 14.4 Å². The minimum absolute atomic E-state index is 0.0262. The lowest BCUT2D eigenvalue weighted by molar-refractivity contribution is -0.129. The van der Waals surface area contributed by atoms with E-state index in [4.69, 9.17) is 32.7 Å². The molecule has 0 saturated carbocycles. The predicted octanol–water partition coefficient (Wildman–Crippen LogP) is 4.70. The molecule has 3 aromatic rings. The topological polar surface area (TPSA) is 107 Å². The summed E-state index contributed by atoms with van der Waals surface area (Å²) >= 11 is 13.8. The first-order valence-electron chi connectivity index (χ1n) is 14.6. The van der Waals surface area contributed by atoms with E-state index in [1.54, 1.807) is 61.5 Å². The number of fused-ring (bicyclic) bond motifs is 1. The average Bonchev–Trinajstić information content (AvgIpc) is 3.74. The average molecular weight is 669 g/mol. The third-order valence-electron chi connectivity index (χ3n) is 8.57. The summed E-state index contributed by atoms with van der Waals surface area (Å²) in [5.74, 6) is -1.23. The van der Waals surface area contributed by atoms with E-state index in [0.717, 1.165) is 0 Å². The van der Waals surface area contributed by atoms with E-state index in [1.165, 1.54) is 24.3 Å². The fourth-order valence-corrected chi connectivity index (χ4v) is 6.45. The van der Waals surface area contributed by atoms with E-state index in [2.05, 4.69) is 10.6 Å². The molecule has 2 N–H and O–H groups in total. The SMILES string of the molecule is COc1cc(-c2cccc(-c3cccc(NC(=O)C4=CN(C)C5OC5N(C)C4=O)c3Cl)c2Cl)cc(F)c1CN(C)[C@H]1CNC(=O)C1. The number of amides is 3. The molecule has 240 valence electrons. The van der Waals surface area contributed by atoms with Crippen molar-refractivity contribution in [3.8, 4) is 28.0 Å². The van der Waals surface area contributed by atoms with E-state index < -0.39 is 23.9 Å². The van der Waals surface area contributed by atoms with Crippen molar-refractivity contribution in [1.82, 2.24) is 20.0 Å². The maximum Gasteiger partial charge on any atom is 0.262 e. The van der Waals surface area contributed by atoms with Gasteiger partial charge in [0.15, 0.2) is 12.5 Å². The minimum Gasteiger partial charge on any atom is -0.496 e. The van der Waals surface area contributed by atoms with E-state index >= 15 is 4.39 Å². The summed E-state index contributed by atoms with van der Waals surface area (Å²) in [6.07, 6.45) is 1.11. The van der Waals surface area contributed by atoms with Crippen LogP contribution in [-0.4, -0.2) is 85.7 Å². The van der Waals surface area contributed by atoms with Gasteiger partial charge in [-0.15, -0.1) is 0 Å². The van der Waals surface area contributed by atoms with Gasteiger partial charge in [-0.25, -0.2) is 4.39 Å². The molecule has 46 heavy (non-hydrogen) atoms. The molecule has 0 radical (unpaired) electrons. The van der Waals surface area contributed by atoms with Crippen LogP contribution in [0.5, 0.6) is 5.75 Å². The number of likely N-dealkylation sites (N-methyl/N-ethyl adjacent to an activating group) is 3. The number of benzene rings is 3. The summed E-state index contributed by atoms with van der Waals surface area (Å²) in [5.41, 5.74) is 2.74. The Kier molecular flexibility index (Phi) is 8.68. The molecule has 3 aromatic carbocycles. The molecule has 2 saturated heterocycles. The molecule has 10 nitrogen and oxygen atoms in total. The number of carbonyl (C=O) groups is 3. The highest BCUT2D eigenvalue weighted by Gasteiger charge is 2.50. The number of nitrogens with one attached hydrogen (secondary N) is 2. The minimum atomic E-state index is -0.618. The maximum absolute atomic E-state index is 15.6. The van der Waals surface area contributed by atoms with Gasteiger partial charge in [-0.3, -0.25) is 19.3 Å². The number of nitrogens with zero attached hydrogens (tertiary/aromatic N) is 3. The molecule has 2 fully saturated rings. The fourth-order valence-electron chi connectivity index (χ4n) is 5.84. The van der Waals surface area contributed by atoms with Crippen molar-refractivity contribution in [1.29, 1.82) is 0 Å². The zero-order valence-corrected chi connectivity index (χ0v) is 27.1. The zero-order valence-electron chi connectivity index (χ0n) is 25.6. The Morgan fingerprint density at radius 3 is 2.48 bits per heavy atom. The van der Waals surface area contributed by atoms with Crippen LogP contribution in [-0.2, 0) is 25.7 Å². The molecule has 3 amide bonds. The van der Waals surface area contributed by atoms with Crippen LogP contribution in [0.25, 0.3) is 22.3 Å². The van der Waals surface area contributed by atoms with Gasteiger partial charge in [-0.05, 0) is 30.8 Å². The number of epoxide rings is 1. The van der Waals surface area contributed by atoms with Crippen molar-refractivity contribution in [2.45, 2.75) is 31.5 Å². The van der Waals surface area contributed by atoms with Gasteiger partial charge < -0.3 is 29.9 Å². The molecule has 0 spiro atoms. The molecule has 3 atom stereocenters. The van der Waals surface area contributed by atoms with Gasteiger partial charge in [0, 0.05) is 68.1 Å². The van der Waals surface area contributed by atoms with Crippen molar-refractivity contribution in [3.63, 3.8) is 0 Å². The van der Waals surface area contributed by atoms with Gasteiger partial charge in [0.2, 0.25) is 5.91 Å². The van der Waals surface area contributed by atoms with Crippen LogP contribution >= 0.6 is 23.2 Å². The third kappa shape index (κ3) is 5.91. The van der Waals surface area contributed by atoms with Crippen LogP contribution < -0.4 is 15.4 Å². The summed E-state index contributed by atoms with van der Waals surface area (Å²) in [7, 11) is 6.64. The maximum atomic E-state index is 15.6. The van der Waals surface area contributed by atoms with Crippen LogP contribution in [0.3, 0.4) is 0 Å². The lowest BCUT2D eigenvalue weighted by Gasteiger charge is -2.24. The number of carbonyl (C=O) groups excluding carboxylic acids is 3. The van der Waals surface area contributed by atoms with Gasteiger partial charge in [0.25, 0.3) is 11.8 Å². The summed E-state index contributed by atoms with van der Waals surface area (Å²) in [6, 6.07) is 13.5. The van der Waals surface area contributed by atoms with Crippen LogP contribution in [0.1, 0.15) is 12.0 Å². The molecule has 3 heterocycles. The molecule has 6 rings (SSSR count). The molecule has 3 aliphatic heterocycles. The van der Waals surface area contributed by atoms with Crippen molar-refractivity contribution >= 4 is 46.6 Å². The zero-order chi connectivity index (χ0) is 32.9. The van der Waals surface area contributed by atoms with E-state index in [0.29, 0.717) is 51.6 Å². The summed E-state index contributed by atoms with van der Waals surface area (Å²) in [4.78, 5) is 42.9. The summed E-state index contributed by atoms with van der Waals surface area (Å²) < 4.78 is 26.7. The summed E-state index contributed by atoms with van der Waals surface area (Å²) in [5, 5.41) is 6.10. The van der Waals surface area contributed by atoms with E-state index in [1.807, 2.05) is 11.9 Å².